The predicted octanol–water partition coefficient (Wildman–Crippen LogP) is 2.15. The Bertz CT molecular complexity index is 609. The predicted molar refractivity (Wildman–Crippen MR) is 73.4 cm³/mol. The van der Waals surface area contributed by atoms with E-state index in [-0.39, 0.29) is 5.56 Å². The molecule has 0 spiro atoms. The second kappa shape index (κ2) is 6.02. The molecule has 0 aliphatic heterocycles. The smallest absolute Gasteiger partial charge is 0.0715 e. The third-order valence-electron chi connectivity index (χ3n) is 2.42. The zero-order chi connectivity index (χ0) is 13.7. The van der Waals surface area contributed by atoms with Gasteiger partial charge in [-0.1, -0.05) is 41.9 Å². The molecule has 0 saturated carbocycles. The number of nitrogens with zero attached hydrogens (tertiary/aromatic N) is 1. The summed E-state index contributed by atoms with van der Waals surface area (Å²) in [6.07, 6.45) is 1.59. The van der Waals surface area contributed by atoms with E-state index in [2.05, 4.69) is 10.5 Å². The summed E-state index contributed by atoms with van der Waals surface area (Å²) >= 11 is 5.97. The minimum absolute atomic E-state index is 0.126. The van der Waals surface area contributed by atoms with Gasteiger partial charge < -0.3 is 9.90 Å². The third kappa shape index (κ3) is 3.56. The monoisotopic (exact) mass is 273 g/mol. The number of carbonyl (C=O) groups is 1. The van der Waals surface area contributed by atoms with Gasteiger partial charge in [0.2, 0.25) is 0 Å². The van der Waals surface area contributed by atoms with E-state index in [9.17, 15) is 9.90 Å². The van der Waals surface area contributed by atoms with Crippen molar-refractivity contribution in [3.05, 3.63) is 64.7 Å². The lowest BCUT2D eigenvalue weighted by Gasteiger charge is -2.04. The van der Waals surface area contributed by atoms with Crippen LogP contribution in [0.3, 0.4) is 0 Å². The zero-order valence-electron chi connectivity index (χ0n) is 9.84. The fourth-order valence-corrected chi connectivity index (χ4v) is 1.62. The minimum atomic E-state index is -1.20. The molecular formula is C14H10ClN2O2-. The van der Waals surface area contributed by atoms with E-state index in [1.807, 2.05) is 18.2 Å². The Labute approximate surface area is 115 Å². The van der Waals surface area contributed by atoms with Crippen molar-refractivity contribution in [1.29, 1.82) is 0 Å². The maximum Gasteiger partial charge on any atom is 0.0715 e. The number of hydrazone groups is 1. The highest BCUT2D eigenvalue weighted by Crippen LogP contribution is 2.13. The first-order valence-electron chi connectivity index (χ1n) is 5.52. The second-order valence-corrected chi connectivity index (χ2v) is 4.16. The molecule has 0 fully saturated rings. The summed E-state index contributed by atoms with van der Waals surface area (Å²) < 4.78 is 0. The number of carboxylic acid groups (broad SMARTS) is 1. The van der Waals surface area contributed by atoms with Crippen LogP contribution in [-0.2, 0) is 0 Å². The minimum Gasteiger partial charge on any atom is -0.545 e. The number of aromatic carboxylic acids is 1. The average Bonchev–Trinajstić information content (AvgIpc) is 2.41. The van der Waals surface area contributed by atoms with Crippen LogP contribution < -0.4 is 10.5 Å². The average molecular weight is 274 g/mol. The topological polar surface area (TPSA) is 64.5 Å². The van der Waals surface area contributed by atoms with Crippen LogP contribution in [0.25, 0.3) is 0 Å². The Balaban J connectivity index is 2.03. The van der Waals surface area contributed by atoms with Gasteiger partial charge in [0.1, 0.15) is 0 Å². The molecule has 0 saturated heterocycles. The number of carbonyl (C=O) groups excluding carboxylic acids is 1. The highest BCUT2D eigenvalue weighted by atomic mass is 35.5. The van der Waals surface area contributed by atoms with Gasteiger partial charge in [-0.2, -0.15) is 5.10 Å². The molecule has 2 aromatic rings. The van der Waals surface area contributed by atoms with Gasteiger partial charge in [-0.15, -0.1) is 0 Å². The summed E-state index contributed by atoms with van der Waals surface area (Å²) in [5.74, 6) is -1.20. The fourth-order valence-electron chi connectivity index (χ4n) is 1.44. The Morgan fingerprint density at radius 1 is 1.16 bits per heavy atom. The molecule has 0 aliphatic rings. The van der Waals surface area contributed by atoms with Crippen molar-refractivity contribution < 1.29 is 9.90 Å². The largest absolute Gasteiger partial charge is 0.545 e. The first-order valence-corrected chi connectivity index (χ1v) is 5.89. The lowest BCUT2D eigenvalue weighted by Crippen LogP contribution is -2.21. The molecular weight excluding hydrogens is 264 g/mol. The van der Waals surface area contributed by atoms with Crippen molar-refractivity contribution in [2.75, 3.05) is 5.43 Å². The van der Waals surface area contributed by atoms with Gasteiger partial charge in [-0.3, -0.25) is 5.43 Å². The van der Waals surface area contributed by atoms with Crippen LogP contribution in [0, 0.1) is 0 Å². The lowest BCUT2D eigenvalue weighted by atomic mass is 10.2. The summed E-state index contributed by atoms with van der Waals surface area (Å²) in [5.41, 5.74) is 4.38. The van der Waals surface area contributed by atoms with E-state index in [1.54, 1.807) is 24.4 Å². The molecule has 0 heterocycles. The van der Waals surface area contributed by atoms with E-state index in [4.69, 9.17) is 11.6 Å². The Kier molecular flexibility index (Phi) is 4.15. The van der Waals surface area contributed by atoms with Gasteiger partial charge in [0.05, 0.1) is 17.9 Å². The van der Waals surface area contributed by atoms with E-state index >= 15 is 0 Å². The molecule has 96 valence electrons. The molecule has 0 atom stereocenters. The molecule has 0 radical (unpaired) electrons. The van der Waals surface area contributed by atoms with Gasteiger partial charge in [-0.05, 0) is 23.8 Å². The summed E-state index contributed by atoms with van der Waals surface area (Å²) in [4.78, 5) is 10.6. The van der Waals surface area contributed by atoms with Gasteiger partial charge >= 0.3 is 0 Å². The number of carboxylic acids is 1. The number of halogens is 1. The van der Waals surface area contributed by atoms with Gasteiger partial charge in [0.15, 0.2) is 0 Å². The number of rotatable bonds is 4. The van der Waals surface area contributed by atoms with E-state index in [0.29, 0.717) is 10.7 Å². The normalized spacial score (nSPS) is 10.6. The van der Waals surface area contributed by atoms with Crippen LogP contribution in [0.1, 0.15) is 15.9 Å². The van der Waals surface area contributed by atoms with Gasteiger partial charge in [-0.25, -0.2) is 0 Å². The quantitative estimate of drug-likeness (QED) is 0.686. The van der Waals surface area contributed by atoms with Crippen LogP contribution in [-0.4, -0.2) is 12.2 Å². The third-order valence-corrected chi connectivity index (χ3v) is 2.77. The molecule has 2 rings (SSSR count). The fraction of sp³-hybridized carbons (Fsp3) is 0. The van der Waals surface area contributed by atoms with Crippen LogP contribution in [0.2, 0.25) is 5.02 Å². The van der Waals surface area contributed by atoms with Gasteiger partial charge in [0.25, 0.3) is 0 Å². The summed E-state index contributed by atoms with van der Waals surface area (Å²) in [6, 6.07) is 13.4. The Morgan fingerprint density at radius 3 is 2.47 bits per heavy atom. The number of hydrogen-bond acceptors (Lipinski definition) is 4. The van der Waals surface area contributed by atoms with Crippen molar-refractivity contribution in [2.45, 2.75) is 0 Å². The molecule has 0 aliphatic carbocycles. The van der Waals surface area contributed by atoms with Crippen LogP contribution >= 0.6 is 11.6 Å². The van der Waals surface area contributed by atoms with E-state index in [0.717, 1.165) is 5.56 Å². The van der Waals surface area contributed by atoms with Gasteiger partial charge in [0, 0.05) is 10.6 Å². The van der Waals surface area contributed by atoms with Crippen molar-refractivity contribution in [2.24, 2.45) is 5.10 Å². The number of nitrogens with one attached hydrogen (secondary N) is 1. The first kappa shape index (κ1) is 13.1. The highest BCUT2D eigenvalue weighted by Gasteiger charge is 1.95. The Hall–Kier alpha value is -2.33. The van der Waals surface area contributed by atoms with Crippen LogP contribution in [0.15, 0.2) is 53.6 Å². The molecule has 0 amide bonds. The van der Waals surface area contributed by atoms with Crippen LogP contribution in [0.5, 0.6) is 0 Å². The second-order valence-electron chi connectivity index (χ2n) is 3.76. The first-order chi connectivity index (χ1) is 9.16. The van der Waals surface area contributed by atoms with Crippen molar-refractivity contribution in [3.63, 3.8) is 0 Å². The maximum atomic E-state index is 10.6. The molecule has 19 heavy (non-hydrogen) atoms. The standard InChI is InChI=1S/C14H11ClN2O2/c15-13-4-2-1-3-11(13)9-16-17-12-7-5-10(6-8-12)14(18)19/h1-9,17H,(H,18,19)/p-1/b16-9-. The summed E-state index contributed by atoms with van der Waals surface area (Å²) in [5, 5.41) is 15.2. The number of anilines is 1. The maximum absolute atomic E-state index is 10.6. The van der Waals surface area contributed by atoms with Crippen LogP contribution in [0.4, 0.5) is 5.69 Å². The van der Waals surface area contributed by atoms with E-state index in [1.165, 1.54) is 12.1 Å². The molecule has 0 aromatic heterocycles. The van der Waals surface area contributed by atoms with Crippen molar-refractivity contribution in [1.82, 2.24) is 0 Å². The highest BCUT2D eigenvalue weighted by molar-refractivity contribution is 6.33. The number of hydrogen-bond donors (Lipinski definition) is 1. The van der Waals surface area contributed by atoms with E-state index < -0.39 is 5.97 Å². The molecule has 5 heteroatoms. The Morgan fingerprint density at radius 2 is 1.84 bits per heavy atom. The molecule has 2 aromatic carbocycles. The summed E-state index contributed by atoms with van der Waals surface area (Å²) in [7, 11) is 0. The molecule has 0 unspecified atom stereocenters. The number of benzene rings is 2. The van der Waals surface area contributed by atoms with Crippen molar-refractivity contribution >= 4 is 29.5 Å². The zero-order valence-corrected chi connectivity index (χ0v) is 10.6. The SMILES string of the molecule is O=C([O-])c1ccc(N/N=C\c2ccccc2Cl)cc1. The summed E-state index contributed by atoms with van der Waals surface area (Å²) in [6.45, 7) is 0. The van der Waals surface area contributed by atoms with Crippen molar-refractivity contribution in [3.8, 4) is 0 Å². The molecule has 4 nitrogen and oxygen atoms in total. The lowest BCUT2D eigenvalue weighted by molar-refractivity contribution is -0.255. The molecule has 0 bridgehead atoms. The molecule has 1 N–H and O–H groups in total.